The predicted molar refractivity (Wildman–Crippen MR) is 83.4 cm³/mol. The van der Waals surface area contributed by atoms with E-state index >= 15 is 0 Å². The van der Waals surface area contributed by atoms with Crippen LogP contribution in [0.3, 0.4) is 0 Å². The van der Waals surface area contributed by atoms with E-state index in [0.29, 0.717) is 11.0 Å². The lowest BCUT2D eigenvalue weighted by Crippen LogP contribution is -2.13. The number of sulfonamides is 1. The number of H-pyrrole nitrogens is 1. The highest BCUT2D eigenvalue weighted by molar-refractivity contribution is 7.92. The average molecular weight is 342 g/mol. The van der Waals surface area contributed by atoms with Gasteiger partial charge < -0.3 is 4.98 Å². The molecule has 1 aromatic heterocycles. The minimum Gasteiger partial charge on any atom is -0.345 e. The molecule has 2 N–H and O–H groups in total. The molecular formula is C13H9Cl2N3O2S. The van der Waals surface area contributed by atoms with Crippen molar-refractivity contribution in [3.8, 4) is 0 Å². The van der Waals surface area contributed by atoms with Crippen molar-refractivity contribution >= 4 is 49.9 Å². The van der Waals surface area contributed by atoms with E-state index in [1.54, 1.807) is 24.3 Å². The number of benzene rings is 2. The summed E-state index contributed by atoms with van der Waals surface area (Å²) in [6.45, 7) is 0. The maximum atomic E-state index is 12.4. The third-order valence-electron chi connectivity index (χ3n) is 2.90. The van der Waals surface area contributed by atoms with Gasteiger partial charge in [-0.2, -0.15) is 0 Å². The number of anilines is 1. The minimum atomic E-state index is -3.76. The van der Waals surface area contributed by atoms with Crippen LogP contribution in [0.5, 0.6) is 0 Å². The van der Waals surface area contributed by atoms with Crippen molar-refractivity contribution in [1.29, 1.82) is 0 Å². The molecule has 108 valence electrons. The van der Waals surface area contributed by atoms with Crippen LogP contribution < -0.4 is 4.72 Å². The molecule has 0 amide bonds. The number of nitrogens with zero attached hydrogens (tertiary/aromatic N) is 1. The molecule has 0 radical (unpaired) electrons. The summed E-state index contributed by atoms with van der Waals surface area (Å²) in [6.07, 6.45) is 1.50. The zero-order valence-electron chi connectivity index (χ0n) is 10.5. The average Bonchev–Trinajstić information content (AvgIpc) is 2.91. The van der Waals surface area contributed by atoms with Gasteiger partial charge in [0.05, 0.1) is 38.0 Å². The second-order valence-electron chi connectivity index (χ2n) is 4.29. The highest BCUT2D eigenvalue weighted by atomic mass is 35.5. The topological polar surface area (TPSA) is 74.8 Å². The van der Waals surface area contributed by atoms with Gasteiger partial charge in [-0.05, 0) is 30.3 Å². The first-order valence-corrected chi connectivity index (χ1v) is 8.11. The smallest absolute Gasteiger partial charge is 0.262 e. The number of hydrogen-bond donors (Lipinski definition) is 2. The fraction of sp³-hybridized carbons (Fsp3) is 0. The third kappa shape index (κ3) is 2.70. The van der Waals surface area contributed by atoms with Gasteiger partial charge in [0.1, 0.15) is 0 Å². The van der Waals surface area contributed by atoms with E-state index in [1.807, 2.05) is 0 Å². The first kappa shape index (κ1) is 14.2. The van der Waals surface area contributed by atoms with Crippen LogP contribution in [0.4, 0.5) is 5.69 Å². The quantitative estimate of drug-likeness (QED) is 0.763. The molecule has 3 rings (SSSR count). The van der Waals surface area contributed by atoms with Crippen molar-refractivity contribution < 1.29 is 8.42 Å². The molecule has 0 aliphatic rings. The molecule has 0 aliphatic heterocycles. The molecule has 0 spiro atoms. The van der Waals surface area contributed by atoms with Gasteiger partial charge in [-0.15, -0.1) is 0 Å². The van der Waals surface area contributed by atoms with Gasteiger partial charge in [0.25, 0.3) is 10.0 Å². The molecule has 0 atom stereocenters. The Morgan fingerprint density at radius 1 is 1.14 bits per heavy atom. The van der Waals surface area contributed by atoms with Crippen molar-refractivity contribution in [3.63, 3.8) is 0 Å². The van der Waals surface area contributed by atoms with E-state index in [-0.39, 0.29) is 20.6 Å². The summed E-state index contributed by atoms with van der Waals surface area (Å²) in [4.78, 5) is 7.01. The molecule has 0 aliphatic carbocycles. The van der Waals surface area contributed by atoms with Gasteiger partial charge in [-0.1, -0.05) is 29.3 Å². The Bertz CT molecular complexity index is 922. The second kappa shape index (κ2) is 5.22. The zero-order chi connectivity index (χ0) is 15.0. The fourth-order valence-electron chi connectivity index (χ4n) is 1.87. The monoisotopic (exact) mass is 341 g/mol. The third-order valence-corrected chi connectivity index (χ3v) is 5.08. The number of aromatic amines is 1. The minimum absolute atomic E-state index is 0.107. The van der Waals surface area contributed by atoms with Crippen LogP contribution in [0.15, 0.2) is 47.6 Å². The molecule has 0 unspecified atom stereocenters. The Morgan fingerprint density at radius 3 is 2.76 bits per heavy atom. The number of halogens is 2. The molecule has 8 heteroatoms. The summed E-state index contributed by atoms with van der Waals surface area (Å²) < 4.78 is 27.2. The van der Waals surface area contributed by atoms with E-state index in [1.165, 1.54) is 18.5 Å². The molecule has 5 nitrogen and oxygen atoms in total. The number of nitrogens with one attached hydrogen (secondary N) is 2. The van der Waals surface area contributed by atoms with Crippen LogP contribution in [-0.2, 0) is 10.0 Å². The summed E-state index contributed by atoms with van der Waals surface area (Å²) in [5.74, 6) is 0. The van der Waals surface area contributed by atoms with Crippen LogP contribution in [-0.4, -0.2) is 18.4 Å². The summed E-state index contributed by atoms with van der Waals surface area (Å²) in [5, 5.41) is 0.436. The second-order valence-corrected chi connectivity index (χ2v) is 6.76. The van der Waals surface area contributed by atoms with E-state index < -0.39 is 10.0 Å². The molecule has 3 aromatic rings. The Balaban J connectivity index is 2.01. The molecular weight excluding hydrogens is 333 g/mol. The summed E-state index contributed by atoms with van der Waals surface area (Å²) in [5.41, 5.74) is 1.55. The molecule has 0 saturated carbocycles. The van der Waals surface area contributed by atoms with Crippen molar-refractivity contribution in [3.05, 3.63) is 52.8 Å². The maximum absolute atomic E-state index is 12.4. The van der Waals surface area contributed by atoms with Gasteiger partial charge in [0.15, 0.2) is 0 Å². The molecule has 0 saturated heterocycles. The number of imidazole rings is 1. The summed E-state index contributed by atoms with van der Waals surface area (Å²) in [7, 11) is -3.76. The van der Waals surface area contributed by atoms with Crippen LogP contribution in [0.1, 0.15) is 0 Å². The normalized spacial score (nSPS) is 11.7. The lowest BCUT2D eigenvalue weighted by atomic mass is 10.3. The SMILES string of the molecule is O=S(=O)(Nc1cccc(Cl)c1Cl)c1ccc2nc[nH]c2c1. The van der Waals surface area contributed by atoms with E-state index in [9.17, 15) is 8.42 Å². The Kier molecular flexibility index (Phi) is 3.52. The number of fused-ring (bicyclic) bond motifs is 1. The molecule has 0 bridgehead atoms. The van der Waals surface area contributed by atoms with Gasteiger partial charge in [0, 0.05) is 0 Å². The van der Waals surface area contributed by atoms with Crippen molar-refractivity contribution in [1.82, 2.24) is 9.97 Å². The Morgan fingerprint density at radius 2 is 1.95 bits per heavy atom. The van der Waals surface area contributed by atoms with Gasteiger partial charge in [-0.25, -0.2) is 13.4 Å². The molecule has 2 aromatic carbocycles. The number of hydrogen-bond acceptors (Lipinski definition) is 3. The van der Waals surface area contributed by atoms with Gasteiger partial charge in [-0.3, -0.25) is 4.72 Å². The predicted octanol–water partition coefficient (Wildman–Crippen LogP) is 3.67. The van der Waals surface area contributed by atoms with Crippen LogP contribution in [0.2, 0.25) is 10.0 Å². The molecule has 21 heavy (non-hydrogen) atoms. The van der Waals surface area contributed by atoms with Crippen molar-refractivity contribution in [2.24, 2.45) is 0 Å². The largest absolute Gasteiger partial charge is 0.345 e. The highest BCUT2D eigenvalue weighted by Crippen LogP contribution is 2.31. The van der Waals surface area contributed by atoms with Gasteiger partial charge in [0.2, 0.25) is 0 Å². The first-order valence-electron chi connectivity index (χ1n) is 5.87. The fourth-order valence-corrected chi connectivity index (χ4v) is 3.37. The standard InChI is InChI=1S/C13H9Cl2N3O2S/c14-9-2-1-3-11(13(9)15)18-21(19,20)8-4-5-10-12(6-8)17-7-16-10/h1-7,18H,(H,16,17). The van der Waals surface area contributed by atoms with Crippen LogP contribution in [0, 0.1) is 0 Å². The van der Waals surface area contributed by atoms with Crippen LogP contribution >= 0.6 is 23.2 Å². The van der Waals surface area contributed by atoms with Crippen molar-refractivity contribution in [2.45, 2.75) is 4.90 Å². The lowest BCUT2D eigenvalue weighted by Gasteiger charge is -2.10. The van der Waals surface area contributed by atoms with Crippen molar-refractivity contribution in [2.75, 3.05) is 4.72 Å². The molecule has 0 fully saturated rings. The highest BCUT2D eigenvalue weighted by Gasteiger charge is 2.17. The van der Waals surface area contributed by atoms with E-state index in [4.69, 9.17) is 23.2 Å². The van der Waals surface area contributed by atoms with E-state index in [0.717, 1.165) is 0 Å². The van der Waals surface area contributed by atoms with Crippen LogP contribution in [0.25, 0.3) is 11.0 Å². The maximum Gasteiger partial charge on any atom is 0.262 e. The first-order chi connectivity index (χ1) is 9.97. The van der Waals surface area contributed by atoms with E-state index in [2.05, 4.69) is 14.7 Å². The number of rotatable bonds is 3. The van der Waals surface area contributed by atoms with Gasteiger partial charge >= 0.3 is 0 Å². The number of aromatic nitrogens is 2. The Hall–Kier alpha value is -1.76. The Labute approximate surface area is 131 Å². The summed E-state index contributed by atoms with van der Waals surface area (Å²) >= 11 is 11.9. The summed E-state index contributed by atoms with van der Waals surface area (Å²) in [6, 6.07) is 9.34. The lowest BCUT2D eigenvalue weighted by molar-refractivity contribution is 0.601. The molecule has 1 heterocycles. The zero-order valence-corrected chi connectivity index (χ0v) is 12.8.